The van der Waals surface area contributed by atoms with Crippen LogP contribution in [0.15, 0.2) is 17.2 Å². The number of nitrogens with zero attached hydrogens (tertiary/aromatic N) is 4. The molecule has 7 nitrogen and oxygen atoms in total. The molecular weight excluding hydrogens is 302 g/mol. The lowest BCUT2D eigenvalue weighted by molar-refractivity contribution is 0.389. The van der Waals surface area contributed by atoms with E-state index in [0.717, 1.165) is 18.5 Å². The second kappa shape index (κ2) is 5.44. The number of aromatic nitrogens is 4. The van der Waals surface area contributed by atoms with Crippen LogP contribution in [0, 0.1) is 20.8 Å². The van der Waals surface area contributed by atoms with Gasteiger partial charge in [-0.1, -0.05) is 0 Å². The van der Waals surface area contributed by atoms with E-state index >= 15 is 0 Å². The lowest BCUT2D eigenvalue weighted by atomic mass is 10.1. The van der Waals surface area contributed by atoms with Gasteiger partial charge in [0.05, 0.1) is 23.1 Å². The van der Waals surface area contributed by atoms with Gasteiger partial charge in [0.15, 0.2) is 0 Å². The molecule has 0 saturated carbocycles. The zero-order valence-corrected chi connectivity index (χ0v) is 13.7. The first-order valence-corrected chi connectivity index (χ1v) is 8.68. The second-order valence-corrected chi connectivity index (χ2v) is 7.39. The van der Waals surface area contributed by atoms with Crippen LogP contribution in [-0.2, 0) is 10.0 Å². The van der Waals surface area contributed by atoms with Crippen LogP contribution < -0.4 is 0 Å². The van der Waals surface area contributed by atoms with E-state index in [1.807, 2.05) is 6.92 Å². The van der Waals surface area contributed by atoms with Crippen LogP contribution >= 0.6 is 0 Å². The van der Waals surface area contributed by atoms with E-state index in [2.05, 4.69) is 20.2 Å². The van der Waals surface area contributed by atoms with Gasteiger partial charge in [-0.25, -0.2) is 18.4 Å². The highest BCUT2D eigenvalue weighted by molar-refractivity contribution is 7.89. The molecule has 3 rings (SSSR count). The van der Waals surface area contributed by atoms with E-state index in [1.54, 1.807) is 30.4 Å². The van der Waals surface area contributed by atoms with Crippen LogP contribution in [0.25, 0.3) is 0 Å². The fourth-order valence-corrected chi connectivity index (χ4v) is 5.03. The summed E-state index contributed by atoms with van der Waals surface area (Å²) in [7, 11) is -3.59. The Morgan fingerprint density at radius 3 is 2.73 bits per heavy atom. The van der Waals surface area contributed by atoms with Crippen LogP contribution in [0.5, 0.6) is 0 Å². The highest BCUT2D eigenvalue weighted by atomic mass is 32.2. The molecule has 2 aromatic heterocycles. The zero-order valence-electron chi connectivity index (χ0n) is 12.9. The number of sulfonamides is 1. The maximum atomic E-state index is 13.0. The summed E-state index contributed by atoms with van der Waals surface area (Å²) in [5, 5.41) is 6.76. The molecule has 0 aromatic carbocycles. The summed E-state index contributed by atoms with van der Waals surface area (Å²) < 4.78 is 27.6. The van der Waals surface area contributed by atoms with Gasteiger partial charge in [-0.15, -0.1) is 0 Å². The normalized spacial score (nSPS) is 19.7. The molecule has 8 heteroatoms. The Bertz CT molecular complexity index is 780. The van der Waals surface area contributed by atoms with Crippen molar-refractivity contribution < 1.29 is 8.42 Å². The summed E-state index contributed by atoms with van der Waals surface area (Å²) in [4.78, 5) is 8.77. The molecule has 1 saturated heterocycles. The summed E-state index contributed by atoms with van der Waals surface area (Å²) in [5.41, 5.74) is 1.83. The molecule has 1 atom stereocenters. The number of hydrogen-bond acceptors (Lipinski definition) is 5. The molecule has 1 aliphatic heterocycles. The van der Waals surface area contributed by atoms with Gasteiger partial charge in [-0.3, -0.25) is 5.10 Å². The lowest BCUT2D eigenvalue weighted by Gasteiger charge is -2.23. The number of hydrogen-bond donors (Lipinski definition) is 1. The first-order valence-electron chi connectivity index (χ1n) is 7.24. The minimum absolute atomic E-state index is 0.236. The minimum Gasteiger partial charge on any atom is -0.281 e. The Morgan fingerprint density at radius 2 is 2.09 bits per heavy atom. The van der Waals surface area contributed by atoms with Crippen molar-refractivity contribution in [1.82, 2.24) is 24.5 Å². The van der Waals surface area contributed by atoms with E-state index in [0.29, 0.717) is 23.8 Å². The van der Waals surface area contributed by atoms with Crippen molar-refractivity contribution >= 4 is 10.0 Å². The van der Waals surface area contributed by atoms with E-state index in [1.165, 1.54) is 0 Å². The van der Waals surface area contributed by atoms with Crippen LogP contribution in [0.1, 0.15) is 41.8 Å². The van der Waals surface area contributed by atoms with Gasteiger partial charge in [0, 0.05) is 12.7 Å². The summed E-state index contributed by atoms with van der Waals surface area (Å²) in [6.07, 6.45) is 3.27. The van der Waals surface area contributed by atoms with Crippen molar-refractivity contribution in [3.05, 3.63) is 35.2 Å². The summed E-state index contributed by atoms with van der Waals surface area (Å²) >= 11 is 0. The molecule has 22 heavy (non-hydrogen) atoms. The van der Waals surface area contributed by atoms with Gasteiger partial charge in [0.25, 0.3) is 0 Å². The molecule has 118 valence electrons. The first kappa shape index (κ1) is 15.1. The van der Waals surface area contributed by atoms with E-state index in [9.17, 15) is 8.42 Å². The van der Waals surface area contributed by atoms with Crippen LogP contribution in [0.4, 0.5) is 0 Å². The summed E-state index contributed by atoms with van der Waals surface area (Å²) in [6, 6.07) is 1.56. The van der Waals surface area contributed by atoms with Gasteiger partial charge in [0.2, 0.25) is 10.0 Å². The largest absolute Gasteiger partial charge is 0.281 e. The van der Waals surface area contributed by atoms with Crippen LogP contribution in [0.3, 0.4) is 0 Å². The van der Waals surface area contributed by atoms with Gasteiger partial charge >= 0.3 is 0 Å². The van der Waals surface area contributed by atoms with Crippen molar-refractivity contribution in [1.29, 1.82) is 0 Å². The number of H-pyrrole nitrogens is 1. The predicted octanol–water partition coefficient (Wildman–Crippen LogP) is 1.65. The fourth-order valence-electron chi connectivity index (χ4n) is 3.02. The van der Waals surface area contributed by atoms with E-state index in [4.69, 9.17) is 0 Å². The van der Waals surface area contributed by atoms with Crippen molar-refractivity contribution in [3.8, 4) is 0 Å². The monoisotopic (exact) mass is 321 g/mol. The Balaban J connectivity index is 2.03. The lowest BCUT2D eigenvalue weighted by Crippen LogP contribution is -2.31. The fraction of sp³-hybridized carbons (Fsp3) is 0.500. The molecular formula is C14H19N5O2S. The summed E-state index contributed by atoms with van der Waals surface area (Å²) in [6.45, 7) is 5.74. The van der Waals surface area contributed by atoms with Crippen molar-refractivity contribution in [2.45, 2.75) is 44.6 Å². The molecule has 0 aliphatic carbocycles. The average Bonchev–Trinajstić information content (AvgIpc) is 3.06. The van der Waals surface area contributed by atoms with Crippen molar-refractivity contribution in [2.24, 2.45) is 0 Å². The third-order valence-corrected chi connectivity index (χ3v) is 6.14. The van der Waals surface area contributed by atoms with Crippen LogP contribution in [0.2, 0.25) is 0 Å². The van der Waals surface area contributed by atoms with Crippen molar-refractivity contribution in [3.63, 3.8) is 0 Å². The summed E-state index contributed by atoms with van der Waals surface area (Å²) in [5.74, 6) is 0.650. The molecule has 1 fully saturated rings. The molecule has 0 spiro atoms. The van der Waals surface area contributed by atoms with Crippen LogP contribution in [-0.4, -0.2) is 39.4 Å². The standard InChI is InChI=1S/C14H19N5O2S/c1-9-14(10(2)18-17-9)22(20,21)19-8-4-5-13(19)12-6-7-15-11(3)16-12/h6-7,13H,4-5,8H2,1-3H3,(H,17,18)/t13-/m1/s1. The predicted molar refractivity (Wildman–Crippen MR) is 80.7 cm³/mol. The smallest absolute Gasteiger partial charge is 0.247 e. The van der Waals surface area contributed by atoms with Crippen molar-refractivity contribution in [2.75, 3.05) is 6.54 Å². The Morgan fingerprint density at radius 1 is 1.32 bits per heavy atom. The van der Waals surface area contributed by atoms with Gasteiger partial charge in [0.1, 0.15) is 10.7 Å². The molecule has 0 radical (unpaired) electrons. The number of nitrogens with one attached hydrogen (secondary N) is 1. The number of rotatable bonds is 3. The highest BCUT2D eigenvalue weighted by Crippen LogP contribution is 2.36. The Labute approximate surface area is 129 Å². The van der Waals surface area contributed by atoms with E-state index in [-0.39, 0.29) is 10.9 Å². The zero-order chi connectivity index (χ0) is 15.9. The van der Waals surface area contributed by atoms with Gasteiger partial charge in [-0.05, 0) is 39.7 Å². The molecule has 2 aromatic rings. The molecule has 0 bridgehead atoms. The number of aromatic amines is 1. The average molecular weight is 321 g/mol. The molecule has 0 amide bonds. The van der Waals surface area contributed by atoms with E-state index < -0.39 is 10.0 Å². The molecule has 1 aliphatic rings. The van der Waals surface area contributed by atoms with Gasteiger partial charge < -0.3 is 0 Å². The first-order chi connectivity index (χ1) is 10.4. The topological polar surface area (TPSA) is 91.8 Å². The third-order valence-electron chi connectivity index (χ3n) is 3.97. The second-order valence-electron chi connectivity index (χ2n) is 5.57. The Hall–Kier alpha value is -1.80. The quantitative estimate of drug-likeness (QED) is 0.928. The molecule has 0 unspecified atom stereocenters. The maximum absolute atomic E-state index is 13.0. The highest BCUT2D eigenvalue weighted by Gasteiger charge is 2.39. The number of aryl methyl sites for hydroxylation is 3. The maximum Gasteiger partial charge on any atom is 0.247 e. The Kier molecular flexibility index (Phi) is 3.73. The molecule has 3 heterocycles. The molecule has 1 N–H and O–H groups in total. The minimum atomic E-state index is -3.59. The SMILES string of the molecule is Cc1nccc([C@H]2CCCN2S(=O)(=O)c2c(C)n[nH]c2C)n1. The third kappa shape index (κ3) is 2.42. The van der Waals surface area contributed by atoms with Gasteiger partial charge in [-0.2, -0.15) is 9.40 Å².